The molecule has 21 heteroatoms. The summed E-state index contributed by atoms with van der Waals surface area (Å²) in [5.74, 6) is -10.1. The lowest BCUT2D eigenvalue weighted by molar-refractivity contribution is -0.250. The molecule has 12 aromatic carbocycles. The molecule has 5 aliphatic heterocycles. The van der Waals surface area contributed by atoms with Crippen LogP contribution < -0.4 is 56.8 Å². The highest BCUT2D eigenvalue weighted by Gasteiger charge is 2.55. The number of ether oxygens (including phenoxy) is 17. The normalized spacial score (nSPS) is 17.3. The number of fused-ring (bicyclic) bond motifs is 4. The summed E-state index contributed by atoms with van der Waals surface area (Å²) < 4.78 is 113. The van der Waals surface area contributed by atoms with Gasteiger partial charge in [-0.05, 0) is 48.5 Å². The van der Waals surface area contributed by atoms with Crippen LogP contribution >= 0.6 is 0 Å². The molecule has 17 rings (SSSR count). The lowest BCUT2D eigenvalue weighted by Crippen LogP contribution is -2.58. The average Bonchev–Trinajstić information content (AvgIpc) is 1.62. The number of carbonyl (C=O) groups is 4. The van der Waals surface area contributed by atoms with Gasteiger partial charge in [-0.15, -0.1) is 0 Å². The molecule has 0 N–H and O–H groups in total. The molecule has 21 nitrogen and oxygen atoms in total. The highest BCUT2D eigenvalue weighted by Crippen LogP contribution is 2.58. The van der Waals surface area contributed by atoms with Crippen molar-refractivity contribution in [3.63, 3.8) is 0 Å². The molecule has 588 valence electrons. The number of benzene rings is 12. The van der Waals surface area contributed by atoms with Gasteiger partial charge in [0.2, 0.25) is 35.4 Å². The summed E-state index contributed by atoms with van der Waals surface area (Å²) >= 11 is 0. The summed E-state index contributed by atoms with van der Waals surface area (Å²) in [5.41, 5.74) is 3.94. The van der Waals surface area contributed by atoms with Crippen LogP contribution in [0, 0.1) is 0 Å². The Morgan fingerprint density at radius 3 is 0.746 bits per heavy atom. The van der Waals surface area contributed by atoms with Crippen LogP contribution in [-0.4, -0.2) is 81.5 Å². The summed E-state index contributed by atoms with van der Waals surface area (Å²) in [5, 5.41) is 0. The molecule has 0 saturated carbocycles. The van der Waals surface area contributed by atoms with Crippen LogP contribution in [0.3, 0.4) is 0 Å². The highest BCUT2D eigenvalue weighted by molar-refractivity contribution is 5.95. The summed E-state index contributed by atoms with van der Waals surface area (Å²) in [6, 6.07) is 84.7. The minimum atomic E-state index is -2.12. The van der Waals surface area contributed by atoms with Gasteiger partial charge < -0.3 is 80.5 Å². The Hall–Kier alpha value is -15.0. The molecule has 12 aromatic rings. The van der Waals surface area contributed by atoms with Gasteiger partial charge in [-0.25, -0.2) is 19.2 Å². The van der Waals surface area contributed by atoms with Gasteiger partial charge in [-0.3, -0.25) is 0 Å². The van der Waals surface area contributed by atoms with E-state index in [0.717, 1.165) is 0 Å². The number of carbonyl (C=O) groups excluding carboxylic acids is 4. The predicted octanol–water partition coefficient (Wildman–Crippen LogP) is 17.8. The zero-order valence-corrected chi connectivity index (χ0v) is 63.3. The monoisotopic (exact) mass is 1570 g/mol. The molecule has 0 unspecified atom stereocenters. The van der Waals surface area contributed by atoms with Crippen molar-refractivity contribution in [3.05, 3.63) is 409 Å². The number of hydrogen-bond donors (Lipinski definition) is 0. The quantitative estimate of drug-likeness (QED) is 0.0252. The van der Waals surface area contributed by atoms with E-state index in [-0.39, 0.29) is 118 Å². The fourth-order valence-electron chi connectivity index (χ4n) is 14.6. The van der Waals surface area contributed by atoms with Gasteiger partial charge in [0.05, 0.1) is 28.9 Å². The van der Waals surface area contributed by atoms with Crippen LogP contribution in [0.15, 0.2) is 342 Å². The molecule has 0 aliphatic carbocycles. The molecule has 0 radical (unpaired) electrons. The Kier molecular flexibility index (Phi) is 20.9. The Labute approximate surface area is 678 Å². The van der Waals surface area contributed by atoms with Gasteiger partial charge in [0, 0.05) is 44.5 Å². The largest absolute Gasteiger partial charge is 0.485 e. The van der Waals surface area contributed by atoms with Crippen LogP contribution in [0.25, 0.3) is 0 Å². The lowest BCUT2D eigenvalue weighted by Gasteiger charge is -2.40. The molecular formula is C97H74O21. The second-order valence-corrected chi connectivity index (χ2v) is 27.6. The minimum absolute atomic E-state index is 0.0161. The van der Waals surface area contributed by atoms with E-state index in [9.17, 15) is 0 Å². The van der Waals surface area contributed by atoms with E-state index in [1.807, 2.05) is 243 Å². The third-order valence-corrected chi connectivity index (χ3v) is 20.0. The second kappa shape index (κ2) is 32.5. The van der Waals surface area contributed by atoms with Crippen molar-refractivity contribution in [2.75, 3.05) is 33.0 Å². The van der Waals surface area contributed by atoms with Crippen LogP contribution in [0.4, 0.5) is 0 Å². The zero-order chi connectivity index (χ0) is 80.8. The maximum Gasteiger partial charge on any atom is 0.340 e. The van der Waals surface area contributed by atoms with Gasteiger partial charge in [-0.1, -0.05) is 293 Å². The van der Waals surface area contributed by atoms with Crippen molar-refractivity contribution in [1.82, 2.24) is 0 Å². The van der Waals surface area contributed by atoms with Gasteiger partial charge in [0.1, 0.15) is 26.4 Å². The first kappa shape index (κ1) is 75.7. The fourth-order valence-corrected chi connectivity index (χ4v) is 14.6. The van der Waals surface area contributed by atoms with Crippen molar-refractivity contribution in [2.24, 2.45) is 0 Å². The van der Waals surface area contributed by atoms with Gasteiger partial charge >= 0.3 is 47.0 Å². The molecule has 118 heavy (non-hydrogen) atoms. The lowest BCUT2D eigenvalue weighted by atomic mass is 9.97. The summed E-state index contributed by atoms with van der Waals surface area (Å²) in [4.78, 5) is 63.4. The highest BCUT2D eigenvalue weighted by atomic mass is 16.8. The minimum Gasteiger partial charge on any atom is -0.485 e. The third kappa shape index (κ3) is 14.3. The van der Waals surface area contributed by atoms with Crippen molar-refractivity contribution >= 4 is 23.9 Å². The first-order valence-electron chi connectivity index (χ1n) is 37.9. The SMILES string of the molecule is C=CCOc1cc(C(=O)O[C@H]2OC[C@@H](OC(=O)c3cc(OCC=C)c4c(c3)OC(c3ccccc3)(c3ccccc3)O4)[C@H](OC(=O)c3cc(OCC=C)c4c(c3)OC(c3ccccc3)(c3ccccc3)O4)[C@H]2OC(=O)c2cc(OCC=C)c3c(c2)OC(c2ccccc2)(c2ccccc2)O3)cc2c1OC(c1ccccc1)(c1ccccc1)O2. The number of esters is 4. The molecule has 1 saturated heterocycles. The Bertz CT molecular complexity index is 5240. The smallest absolute Gasteiger partial charge is 0.340 e. The van der Waals surface area contributed by atoms with E-state index >= 15 is 19.2 Å². The van der Waals surface area contributed by atoms with Crippen molar-refractivity contribution in [3.8, 4) is 69.0 Å². The van der Waals surface area contributed by atoms with Crippen molar-refractivity contribution in [2.45, 2.75) is 47.8 Å². The second-order valence-electron chi connectivity index (χ2n) is 27.6. The van der Waals surface area contributed by atoms with Crippen molar-refractivity contribution < 1.29 is 99.7 Å². The fraction of sp³-hybridized carbons (Fsp3) is 0.134. The van der Waals surface area contributed by atoms with E-state index in [2.05, 4.69) is 26.3 Å². The Morgan fingerprint density at radius 1 is 0.288 bits per heavy atom. The molecule has 0 spiro atoms. The van der Waals surface area contributed by atoms with E-state index in [1.54, 1.807) is 0 Å². The van der Waals surface area contributed by atoms with E-state index < -0.39 is 78.2 Å². The van der Waals surface area contributed by atoms with Crippen LogP contribution in [0.2, 0.25) is 0 Å². The summed E-state index contributed by atoms with van der Waals surface area (Å²) in [6.07, 6.45) is -1.96. The molecule has 0 bridgehead atoms. The molecule has 5 aliphatic rings. The van der Waals surface area contributed by atoms with Crippen LogP contribution in [0.5, 0.6) is 69.0 Å². The summed E-state index contributed by atoms with van der Waals surface area (Å²) in [7, 11) is 0. The van der Waals surface area contributed by atoms with Crippen LogP contribution in [0.1, 0.15) is 85.9 Å². The van der Waals surface area contributed by atoms with Crippen molar-refractivity contribution in [1.29, 1.82) is 0 Å². The Balaban J connectivity index is 0.796. The van der Waals surface area contributed by atoms with Gasteiger partial charge in [0.25, 0.3) is 0 Å². The molecule has 0 amide bonds. The molecular weight excluding hydrogens is 1500 g/mol. The zero-order valence-electron chi connectivity index (χ0n) is 63.3. The first-order chi connectivity index (χ1) is 57.8. The number of hydrogen-bond acceptors (Lipinski definition) is 21. The third-order valence-electron chi connectivity index (χ3n) is 20.0. The van der Waals surface area contributed by atoms with E-state index in [4.69, 9.17) is 80.5 Å². The first-order valence-corrected chi connectivity index (χ1v) is 37.9. The number of rotatable bonds is 28. The average molecular weight is 1580 g/mol. The predicted molar refractivity (Wildman–Crippen MR) is 431 cm³/mol. The molecule has 4 atom stereocenters. The standard InChI is InChI=1S/C97H74O21/c1-5-49-102-74-53-62(57-78-83(74)115-94(111-78,66-33-17-9-18-34-66)67-35-19-10-20-36-67)89(98)107-82-61-106-93(110-92(101)65-56-77(105-52-8-4)86-81(60-65)114-97(118-86,72-45-29-15-30-46-72)73-47-31-16-32-48-73)88(109-91(100)64-55-76(104-51-7-3)85-80(59-64)113-96(117-85,70-41-25-13-26-42-70)71-43-27-14-28-44-71)87(82)108-90(99)63-54-75(103-50-6-2)84-79(58-63)112-95(116-84,68-37-21-11-22-38-68)69-39-23-12-24-40-69/h5-48,53-60,82,87-88,93H,1-4,49-52,61H2/t82-,87+,88-,93-/m1/s1. The maximum atomic E-state index is 16.0. The molecule has 0 aromatic heterocycles. The maximum absolute atomic E-state index is 16.0. The topological polar surface area (TPSA) is 225 Å². The van der Waals surface area contributed by atoms with Crippen LogP contribution in [-0.2, 0) is 46.8 Å². The summed E-state index contributed by atoms with van der Waals surface area (Å²) in [6.45, 7) is 14.5. The van der Waals surface area contributed by atoms with E-state index in [1.165, 1.54) is 72.8 Å². The van der Waals surface area contributed by atoms with Gasteiger partial charge in [0.15, 0.2) is 58.2 Å². The molecule has 5 heterocycles. The van der Waals surface area contributed by atoms with E-state index in [0.29, 0.717) is 44.5 Å². The van der Waals surface area contributed by atoms with Gasteiger partial charge in [-0.2, -0.15) is 0 Å². The molecule has 1 fully saturated rings. The Morgan fingerprint density at radius 2 is 0.508 bits per heavy atom.